The Hall–Kier alpha value is -2.54. The van der Waals surface area contributed by atoms with Gasteiger partial charge >= 0.3 is 0 Å². The highest BCUT2D eigenvalue weighted by Crippen LogP contribution is 2.18. The minimum Gasteiger partial charge on any atom is -0.476 e. The van der Waals surface area contributed by atoms with Gasteiger partial charge in [-0.05, 0) is 25.1 Å². The van der Waals surface area contributed by atoms with Crippen LogP contribution in [0.2, 0.25) is 0 Å². The maximum atomic E-state index is 13.5. The molecular formula is C17H19FN4O2. The maximum Gasteiger partial charge on any atom is 0.238 e. The summed E-state index contributed by atoms with van der Waals surface area (Å²) in [5, 5.41) is 2.60. The summed E-state index contributed by atoms with van der Waals surface area (Å²) in [7, 11) is 0. The van der Waals surface area contributed by atoms with Crippen molar-refractivity contribution in [2.45, 2.75) is 6.42 Å². The molecule has 126 valence electrons. The number of para-hydroxylation sites is 1. The predicted octanol–water partition coefficient (Wildman–Crippen LogP) is 1.96. The quantitative estimate of drug-likeness (QED) is 0.877. The third kappa shape index (κ3) is 4.48. The van der Waals surface area contributed by atoms with Gasteiger partial charge in [0.05, 0.1) is 25.0 Å². The van der Waals surface area contributed by atoms with Crippen LogP contribution in [0, 0.1) is 11.7 Å². The smallest absolute Gasteiger partial charge is 0.238 e. The van der Waals surface area contributed by atoms with Crippen molar-refractivity contribution in [1.82, 2.24) is 14.9 Å². The van der Waals surface area contributed by atoms with Gasteiger partial charge in [0.15, 0.2) is 0 Å². The van der Waals surface area contributed by atoms with Crippen molar-refractivity contribution in [2.24, 2.45) is 5.92 Å². The number of nitrogens with zero attached hydrogens (tertiary/aromatic N) is 3. The molecule has 0 bridgehead atoms. The topological polar surface area (TPSA) is 67.4 Å². The molecule has 1 aliphatic rings. The molecule has 1 saturated heterocycles. The van der Waals surface area contributed by atoms with Gasteiger partial charge in [-0.1, -0.05) is 12.1 Å². The van der Waals surface area contributed by atoms with Gasteiger partial charge in [-0.2, -0.15) is 0 Å². The van der Waals surface area contributed by atoms with Crippen LogP contribution >= 0.6 is 0 Å². The average molecular weight is 330 g/mol. The molecule has 2 aromatic rings. The summed E-state index contributed by atoms with van der Waals surface area (Å²) >= 11 is 0. The standard InChI is InChI=1S/C17H19FN4O2/c18-14-3-1-2-4-15(14)21-16(23)11-22-8-5-13(10-22)12-24-17-9-19-6-7-20-17/h1-4,6-7,9,13H,5,8,10-12H2,(H,21,23). The number of rotatable bonds is 6. The normalized spacial score (nSPS) is 17.6. The van der Waals surface area contributed by atoms with Crippen molar-refractivity contribution in [3.63, 3.8) is 0 Å². The third-order valence-electron chi connectivity index (χ3n) is 3.89. The van der Waals surface area contributed by atoms with Crippen LogP contribution in [0.3, 0.4) is 0 Å². The molecule has 3 rings (SSSR count). The van der Waals surface area contributed by atoms with E-state index < -0.39 is 5.82 Å². The number of amides is 1. The molecule has 1 aromatic heterocycles. The molecule has 0 saturated carbocycles. The molecule has 1 fully saturated rings. The lowest BCUT2D eigenvalue weighted by atomic mass is 10.1. The van der Waals surface area contributed by atoms with Crippen LogP contribution in [0.15, 0.2) is 42.9 Å². The molecule has 1 aliphatic heterocycles. The zero-order valence-corrected chi connectivity index (χ0v) is 13.2. The molecule has 0 radical (unpaired) electrons. The van der Waals surface area contributed by atoms with Gasteiger partial charge in [0.1, 0.15) is 5.82 Å². The molecule has 1 N–H and O–H groups in total. The van der Waals surface area contributed by atoms with Crippen LogP contribution in [0.1, 0.15) is 6.42 Å². The Morgan fingerprint density at radius 3 is 3.04 bits per heavy atom. The maximum absolute atomic E-state index is 13.5. The van der Waals surface area contributed by atoms with Crippen LogP contribution in [0.4, 0.5) is 10.1 Å². The Kier molecular flexibility index (Phi) is 5.32. The Labute approximate surface area is 139 Å². The van der Waals surface area contributed by atoms with Crippen molar-refractivity contribution in [3.05, 3.63) is 48.7 Å². The van der Waals surface area contributed by atoms with Crippen LogP contribution in [0.5, 0.6) is 5.88 Å². The first-order valence-electron chi connectivity index (χ1n) is 7.86. The number of anilines is 1. The molecule has 1 amide bonds. The number of carbonyl (C=O) groups is 1. The number of hydrogen-bond donors (Lipinski definition) is 1. The molecule has 0 spiro atoms. The zero-order valence-electron chi connectivity index (χ0n) is 13.2. The van der Waals surface area contributed by atoms with Crippen LogP contribution in [0.25, 0.3) is 0 Å². The highest BCUT2D eigenvalue weighted by molar-refractivity contribution is 5.92. The lowest BCUT2D eigenvalue weighted by Gasteiger charge is -2.16. The Morgan fingerprint density at radius 2 is 2.25 bits per heavy atom. The molecule has 2 heterocycles. The molecule has 0 aliphatic carbocycles. The highest BCUT2D eigenvalue weighted by Gasteiger charge is 2.24. The van der Waals surface area contributed by atoms with Crippen molar-refractivity contribution in [3.8, 4) is 5.88 Å². The van der Waals surface area contributed by atoms with Crippen LogP contribution in [-0.2, 0) is 4.79 Å². The van der Waals surface area contributed by atoms with Gasteiger partial charge in [0.25, 0.3) is 0 Å². The van der Waals surface area contributed by atoms with E-state index in [2.05, 4.69) is 15.3 Å². The molecule has 1 aromatic carbocycles. The monoisotopic (exact) mass is 330 g/mol. The van der Waals surface area contributed by atoms with Crippen molar-refractivity contribution in [1.29, 1.82) is 0 Å². The fourth-order valence-corrected chi connectivity index (χ4v) is 2.71. The van der Waals surface area contributed by atoms with E-state index in [1.807, 2.05) is 4.90 Å². The van der Waals surface area contributed by atoms with Crippen molar-refractivity contribution < 1.29 is 13.9 Å². The van der Waals surface area contributed by atoms with E-state index in [9.17, 15) is 9.18 Å². The number of halogens is 1. The number of likely N-dealkylation sites (tertiary alicyclic amines) is 1. The number of carbonyl (C=O) groups excluding carboxylic acids is 1. The average Bonchev–Trinajstić information content (AvgIpc) is 3.03. The summed E-state index contributed by atoms with van der Waals surface area (Å²) in [6.45, 7) is 2.38. The molecule has 1 atom stereocenters. The summed E-state index contributed by atoms with van der Waals surface area (Å²) in [5.41, 5.74) is 0.212. The number of ether oxygens (including phenoxy) is 1. The minimum absolute atomic E-state index is 0.212. The van der Waals surface area contributed by atoms with Gasteiger partial charge in [-0.25, -0.2) is 9.37 Å². The fourth-order valence-electron chi connectivity index (χ4n) is 2.71. The minimum atomic E-state index is -0.428. The Bertz CT molecular complexity index is 683. The van der Waals surface area contributed by atoms with E-state index in [-0.39, 0.29) is 18.1 Å². The molecule has 24 heavy (non-hydrogen) atoms. The second kappa shape index (κ2) is 7.83. The SMILES string of the molecule is O=C(CN1CCC(COc2cnccn2)C1)Nc1ccccc1F. The summed E-state index contributed by atoms with van der Waals surface area (Å²) in [5.74, 6) is 0.208. The zero-order chi connectivity index (χ0) is 16.8. The van der Waals surface area contributed by atoms with Gasteiger partial charge in [0.2, 0.25) is 11.8 Å². The lowest BCUT2D eigenvalue weighted by Crippen LogP contribution is -2.32. The van der Waals surface area contributed by atoms with Crippen LogP contribution in [-0.4, -0.2) is 47.0 Å². The first-order valence-corrected chi connectivity index (χ1v) is 7.86. The first kappa shape index (κ1) is 16.3. The van der Waals surface area contributed by atoms with E-state index in [0.717, 1.165) is 19.5 Å². The molecule has 1 unspecified atom stereocenters. The fraction of sp³-hybridized carbons (Fsp3) is 0.353. The Morgan fingerprint density at radius 1 is 1.38 bits per heavy atom. The van der Waals surface area contributed by atoms with Gasteiger partial charge < -0.3 is 10.1 Å². The number of benzene rings is 1. The molecular weight excluding hydrogens is 311 g/mol. The second-order valence-corrected chi connectivity index (χ2v) is 5.77. The summed E-state index contributed by atoms with van der Waals surface area (Å²) in [4.78, 5) is 22.1. The highest BCUT2D eigenvalue weighted by atomic mass is 19.1. The van der Waals surface area contributed by atoms with E-state index in [4.69, 9.17) is 4.74 Å². The largest absolute Gasteiger partial charge is 0.476 e. The summed E-state index contributed by atoms with van der Waals surface area (Å²) in [6, 6.07) is 6.15. The number of aromatic nitrogens is 2. The summed E-state index contributed by atoms with van der Waals surface area (Å²) < 4.78 is 19.1. The van der Waals surface area contributed by atoms with Crippen molar-refractivity contribution in [2.75, 3.05) is 31.6 Å². The first-order chi connectivity index (χ1) is 11.7. The number of hydrogen-bond acceptors (Lipinski definition) is 5. The van der Waals surface area contributed by atoms with Gasteiger partial charge in [-0.3, -0.25) is 14.7 Å². The van der Waals surface area contributed by atoms with Gasteiger partial charge in [-0.15, -0.1) is 0 Å². The summed E-state index contributed by atoms with van der Waals surface area (Å²) in [6.07, 6.45) is 5.71. The predicted molar refractivity (Wildman–Crippen MR) is 87.1 cm³/mol. The van der Waals surface area contributed by atoms with E-state index in [1.165, 1.54) is 6.07 Å². The third-order valence-corrected chi connectivity index (χ3v) is 3.89. The Balaban J connectivity index is 1.42. The molecule has 6 nitrogen and oxygen atoms in total. The van der Waals surface area contributed by atoms with E-state index >= 15 is 0 Å². The van der Waals surface area contributed by atoms with Crippen molar-refractivity contribution >= 4 is 11.6 Å². The van der Waals surface area contributed by atoms with Gasteiger partial charge in [0, 0.05) is 24.9 Å². The van der Waals surface area contributed by atoms with Crippen LogP contribution < -0.4 is 10.1 Å². The van der Waals surface area contributed by atoms with E-state index in [0.29, 0.717) is 18.4 Å². The lowest BCUT2D eigenvalue weighted by molar-refractivity contribution is -0.117. The van der Waals surface area contributed by atoms with E-state index in [1.54, 1.807) is 36.8 Å². The number of nitrogens with one attached hydrogen (secondary N) is 1. The molecule has 7 heteroatoms. The second-order valence-electron chi connectivity index (χ2n) is 5.77.